The molecule has 1 fully saturated rings. The van der Waals surface area contributed by atoms with Crippen LogP contribution in [-0.4, -0.2) is 55.9 Å². The molecule has 22 heavy (non-hydrogen) atoms. The van der Waals surface area contributed by atoms with Crippen molar-refractivity contribution in [3.63, 3.8) is 0 Å². The van der Waals surface area contributed by atoms with Crippen LogP contribution >= 0.6 is 11.6 Å². The number of aryl methyl sites for hydroxylation is 2. The van der Waals surface area contributed by atoms with E-state index in [1.807, 2.05) is 13.2 Å². The van der Waals surface area contributed by atoms with E-state index in [9.17, 15) is 4.79 Å². The van der Waals surface area contributed by atoms with Crippen LogP contribution in [0.15, 0.2) is 17.2 Å². The Balaban J connectivity index is 1.64. The van der Waals surface area contributed by atoms with Crippen LogP contribution in [0.3, 0.4) is 0 Å². The van der Waals surface area contributed by atoms with Crippen LogP contribution in [0.2, 0.25) is 5.02 Å². The lowest BCUT2D eigenvalue weighted by molar-refractivity contribution is 0.247. The van der Waals surface area contributed by atoms with Crippen molar-refractivity contribution >= 4 is 17.3 Å². The van der Waals surface area contributed by atoms with Crippen LogP contribution in [0.5, 0.6) is 0 Å². The maximum absolute atomic E-state index is 11.9. The van der Waals surface area contributed by atoms with Gasteiger partial charge in [0.15, 0.2) is 0 Å². The number of nitrogens with zero attached hydrogens (tertiary/aromatic N) is 7. The first kappa shape index (κ1) is 15.0. The lowest BCUT2D eigenvalue weighted by Crippen LogP contribution is -2.46. The summed E-state index contributed by atoms with van der Waals surface area (Å²) in [5.41, 5.74) is 1.41. The molecule has 0 aromatic carbocycles. The molecule has 2 aromatic rings. The van der Waals surface area contributed by atoms with E-state index >= 15 is 0 Å². The number of rotatable bonds is 3. The zero-order valence-electron chi connectivity index (χ0n) is 12.6. The van der Waals surface area contributed by atoms with E-state index in [4.69, 9.17) is 11.6 Å². The zero-order chi connectivity index (χ0) is 15.7. The maximum Gasteiger partial charge on any atom is 0.287 e. The molecule has 0 unspecified atom stereocenters. The Hall–Kier alpha value is -1.93. The summed E-state index contributed by atoms with van der Waals surface area (Å²) in [5.74, 6) is 0. The highest BCUT2D eigenvalue weighted by molar-refractivity contribution is 6.33. The molecular weight excluding hydrogens is 306 g/mol. The third-order valence-corrected chi connectivity index (χ3v) is 4.16. The highest BCUT2D eigenvalue weighted by atomic mass is 35.5. The quantitative estimate of drug-likeness (QED) is 0.784. The molecule has 1 saturated heterocycles. The van der Waals surface area contributed by atoms with Gasteiger partial charge in [-0.3, -0.25) is 14.4 Å². The molecule has 3 rings (SSSR count). The van der Waals surface area contributed by atoms with Crippen molar-refractivity contribution in [1.29, 1.82) is 0 Å². The molecular formula is C13H18ClN7O. The third-order valence-electron chi connectivity index (χ3n) is 3.81. The van der Waals surface area contributed by atoms with E-state index in [1.54, 1.807) is 17.9 Å². The van der Waals surface area contributed by atoms with Crippen molar-refractivity contribution in [1.82, 2.24) is 29.7 Å². The second-order valence-corrected chi connectivity index (χ2v) is 5.80. The van der Waals surface area contributed by atoms with Gasteiger partial charge in [-0.05, 0) is 0 Å². The fourth-order valence-corrected chi connectivity index (χ4v) is 2.86. The van der Waals surface area contributed by atoms with Crippen LogP contribution in [0.4, 0.5) is 5.69 Å². The minimum Gasteiger partial charge on any atom is -0.366 e. The first-order valence-corrected chi connectivity index (χ1v) is 7.46. The van der Waals surface area contributed by atoms with Gasteiger partial charge in [-0.1, -0.05) is 16.8 Å². The minimum absolute atomic E-state index is 0.236. The van der Waals surface area contributed by atoms with Crippen molar-refractivity contribution in [2.24, 2.45) is 14.1 Å². The molecule has 1 aliphatic heterocycles. The standard InChI is InChI=1S/C13H18ClN7O/c1-18-8-10(16-17-18)9-20-3-5-21(6-4-20)11-7-15-19(2)13(22)12(11)14/h7-8H,3-6,9H2,1-2H3. The molecule has 0 spiro atoms. The monoisotopic (exact) mass is 323 g/mol. The molecule has 0 saturated carbocycles. The number of piperazine rings is 1. The van der Waals surface area contributed by atoms with Gasteiger partial charge in [-0.2, -0.15) is 5.10 Å². The molecule has 0 bridgehead atoms. The Morgan fingerprint density at radius 3 is 2.59 bits per heavy atom. The van der Waals surface area contributed by atoms with E-state index in [1.165, 1.54) is 4.68 Å². The Labute approximate surface area is 132 Å². The van der Waals surface area contributed by atoms with Crippen molar-refractivity contribution in [2.75, 3.05) is 31.1 Å². The fourth-order valence-electron chi connectivity index (χ4n) is 2.57. The first-order chi connectivity index (χ1) is 10.5. The normalized spacial score (nSPS) is 16.2. The summed E-state index contributed by atoms with van der Waals surface area (Å²) in [5, 5.41) is 12.3. The molecule has 0 radical (unpaired) electrons. The summed E-state index contributed by atoms with van der Waals surface area (Å²) in [7, 11) is 3.45. The topological polar surface area (TPSA) is 72.1 Å². The zero-order valence-corrected chi connectivity index (χ0v) is 13.4. The summed E-state index contributed by atoms with van der Waals surface area (Å²) < 4.78 is 2.95. The molecule has 2 aromatic heterocycles. The van der Waals surface area contributed by atoms with Crippen LogP contribution in [0, 0.1) is 0 Å². The largest absolute Gasteiger partial charge is 0.366 e. The average molecular weight is 324 g/mol. The summed E-state index contributed by atoms with van der Waals surface area (Å²) in [6, 6.07) is 0. The number of anilines is 1. The van der Waals surface area contributed by atoms with Gasteiger partial charge < -0.3 is 4.90 Å². The van der Waals surface area contributed by atoms with Gasteiger partial charge in [0.25, 0.3) is 5.56 Å². The Morgan fingerprint density at radius 1 is 1.23 bits per heavy atom. The molecule has 118 valence electrons. The lowest BCUT2D eigenvalue weighted by Gasteiger charge is -2.35. The number of halogens is 1. The van der Waals surface area contributed by atoms with Crippen LogP contribution < -0.4 is 10.5 Å². The van der Waals surface area contributed by atoms with Crippen molar-refractivity contribution in [3.8, 4) is 0 Å². The minimum atomic E-state index is -0.263. The van der Waals surface area contributed by atoms with Gasteiger partial charge in [0.1, 0.15) is 5.02 Å². The van der Waals surface area contributed by atoms with Gasteiger partial charge in [0.2, 0.25) is 0 Å². The van der Waals surface area contributed by atoms with Gasteiger partial charge in [-0.15, -0.1) is 5.10 Å². The highest BCUT2D eigenvalue weighted by Gasteiger charge is 2.21. The number of hydrogen-bond acceptors (Lipinski definition) is 6. The summed E-state index contributed by atoms with van der Waals surface area (Å²) in [4.78, 5) is 16.3. The number of hydrogen-bond donors (Lipinski definition) is 0. The molecule has 3 heterocycles. The molecule has 1 aliphatic rings. The fraction of sp³-hybridized carbons (Fsp3) is 0.538. The molecule has 9 heteroatoms. The Morgan fingerprint density at radius 2 is 1.95 bits per heavy atom. The summed E-state index contributed by atoms with van der Waals surface area (Å²) >= 11 is 6.15. The van der Waals surface area contributed by atoms with E-state index in [0.717, 1.165) is 38.4 Å². The summed E-state index contributed by atoms with van der Waals surface area (Å²) in [6.45, 7) is 4.14. The van der Waals surface area contributed by atoms with Crippen LogP contribution in [0.25, 0.3) is 0 Å². The molecule has 8 nitrogen and oxygen atoms in total. The van der Waals surface area contributed by atoms with E-state index < -0.39 is 0 Å². The number of aromatic nitrogens is 5. The molecule has 0 aliphatic carbocycles. The van der Waals surface area contributed by atoms with Crippen LogP contribution in [0.1, 0.15) is 5.69 Å². The molecule has 0 N–H and O–H groups in total. The van der Waals surface area contributed by atoms with Crippen molar-refractivity contribution in [2.45, 2.75) is 6.54 Å². The van der Waals surface area contributed by atoms with Gasteiger partial charge in [0.05, 0.1) is 17.6 Å². The van der Waals surface area contributed by atoms with Crippen molar-refractivity contribution < 1.29 is 0 Å². The maximum atomic E-state index is 11.9. The third kappa shape index (κ3) is 2.97. The molecule has 0 amide bonds. The van der Waals surface area contributed by atoms with Gasteiger partial charge >= 0.3 is 0 Å². The van der Waals surface area contributed by atoms with Crippen LogP contribution in [-0.2, 0) is 20.6 Å². The van der Waals surface area contributed by atoms with Crippen molar-refractivity contribution in [3.05, 3.63) is 33.5 Å². The van der Waals surface area contributed by atoms with E-state index in [2.05, 4.69) is 25.2 Å². The smallest absolute Gasteiger partial charge is 0.287 e. The predicted octanol–water partition coefficient (Wildman–Crippen LogP) is -0.116. The first-order valence-electron chi connectivity index (χ1n) is 7.09. The van der Waals surface area contributed by atoms with E-state index in [0.29, 0.717) is 5.69 Å². The SMILES string of the molecule is Cn1cc(CN2CCN(c3cnn(C)c(=O)c3Cl)CC2)nn1. The van der Waals surface area contributed by atoms with E-state index in [-0.39, 0.29) is 10.6 Å². The molecule has 0 atom stereocenters. The lowest BCUT2D eigenvalue weighted by atomic mass is 10.2. The highest BCUT2D eigenvalue weighted by Crippen LogP contribution is 2.22. The second-order valence-electron chi connectivity index (χ2n) is 5.42. The summed E-state index contributed by atoms with van der Waals surface area (Å²) in [6.07, 6.45) is 3.58. The average Bonchev–Trinajstić information content (AvgIpc) is 2.91. The van der Waals surface area contributed by atoms with Gasteiger partial charge in [-0.25, -0.2) is 4.68 Å². The van der Waals surface area contributed by atoms with Gasteiger partial charge in [0, 0.05) is 53.0 Å². The Bertz CT molecular complexity index is 717. The predicted molar refractivity (Wildman–Crippen MR) is 83.0 cm³/mol. The second kappa shape index (κ2) is 6.05. The Kier molecular flexibility index (Phi) is 4.12.